The molecule has 0 bridgehead atoms. The number of hydrogen-bond donors (Lipinski definition) is 1. The molecule has 0 fully saturated rings. The van der Waals surface area contributed by atoms with Crippen LogP contribution >= 0.6 is 0 Å². The largest absolute Gasteiger partial charge is 0.497 e. The molecule has 1 aromatic heterocycles. The van der Waals surface area contributed by atoms with Crippen molar-refractivity contribution < 1.29 is 27.8 Å². The van der Waals surface area contributed by atoms with Crippen molar-refractivity contribution in [3.8, 4) is 22.8 Å². The van der Waals surface area contributed by atoms with E-state index in [0.29, 0.717) is 12.3 Å². The van der Waals surface area contributed by atoms with Gasteiger partial charge in [-0.2, -0.15) is 0 Å². The van der Waals surface area contributed by atoms with E-state index < -0.39 is 22.2 Å². The van der Waals surface area contributed by atoms with Crippen LogP contribution in [0, 0.1) is 5.92 Å². The molecule has 10 heteroatoms. The lowest BCUT2D eigenvalue weighted by molar-refractivity contribution is 0.0374. The Morgan fingerprint density at radius 1 is 1.30 bits per heavy atom. The fourth-order valence-electron chi connectivity index (χ4n) is 3.65. The molecule has 33 heavy (non-hydrogen) atoms. The number of likely N-dealkylation sites (N-methyl/N-ethyl adjacent to an activating group) is 1. The minimum absolute atomic E-state index is 0.108. The number of benzene rings is 1. The molecule has 3 atom stereocenters. The average Bonchev–Trinajstić information content (AvgIpc) is 2.79. The van der Waals surface area contributed by atoms with E-state index in [0.717, 1.165) is 17.4 Å². The molecule has 9 nitrogen and oxygen atoms in total. The Morgan fingerprint density at radius 3 is 2.55 bits per heavy atom. The van der Waals surface area contributed by atoms with Crippen LogP contribution < -0.4 is 9.47 Å². The Bertz CT molecular complexity index is 1090. The van der Waals surface area contributed by atoms with Crippen molar-refractivity contribution >= 4 is 15.9 Å². The highest BCUT2D eigenvalue weighted by atomic mass is 32.2. The molecule has 1 amide bonds. The second kappa shape index (κ2) is 10.1. The molecule has 0 radical (unpaired) electrons. The molecule has 0 saturated heterocycles. The van der Waals surface area contributed by atoms with Gasteiger partial charge in [-0.05, 0) is 30.7 Å². The summed E-state index contributed by atoms with van der Waals surface area (Å²) in [5, 5.41) is 9.76. The summed E-state index contributed by atoms with van der Waals surface area (Å²) < 4.78 is 36.5. The zero-order valence-corrected chi connectivity index (χ0v) is 20.4. The SMILES string of the molecule is COc1ccc(-c2cnc3c(c2)C(=O)N([C@H](C)CO)C[C@H](C)[C@@H](CN(C)S(C)(=O)=O)O3)cc1. The summed E-state index contributed by atoms with van der Waals surface area (Å²) >= 11 is 0. The normalized spacial score (nSPS) is 20.0. The zero-order chi connectivity index (χ0) is 24.3. The number of sulfonamides is 1. The second-order valence-electron chi connectivity index (χ2n) is 8.47. The Hall–Kier alpha value is -2.69. The summed E-state index contributed by atoms with van der Waals surface area (Å²) in [6, 6.07) is 8.68. The quantitative estimate of drug-likeness (QED) is 0.648. The zero-order valence-electron chi connectivity index (χ0n) is 19.6. The molecule has 180 valence electrons. The van der Waals surface area contributed by atoms with Crippen molar-refractivity contribution in [2.75, 3.05) is 40.1 Å². The van der Waals surface area contributed by atoms with Crippen LogP contribution in [0.2, 0.25) is 0 Å². The van der Waals surface area contributed by atoms with Gasteiger partial charge in [0.15, 0.2) is 0 Å². The van der Waals surface area contributed by atoms with Gasteiger partial charge in [0.25, 0.3) is 5.91 Å². The summed E-state index contributed by atoms with van der Waals surface area (Å²) in [6.07, 6.45) is 2.22. The van der Waals surface area contributed by atoms with Crippen LogP contribution in [-0.2, 0) is 10.0 Å². The van der Waals surface area contributed by atoms with Crippen molar-refractivity contribution in [1.82, 2.24) is 14.2 Å². The Morgan fingerprint density at radius 2 is 1.97 bits per heavy atom. The fraction of sp³-hybridized carbons (Fsp3) is 0.478. The number of aliphatic hydroxyl groups is 1. The smallest absolute Gasteiger partial charge is 0.259 e. The van der Waals surface area contributed by atoms with Crippen molar-refractivity contribution in [3.63, 3.8) is 0 Å². The number of methoxy groups -OCH3 is 1. The van der Waals surface area contributed by atoms with Crippen LogP contribution in [0.1, 0.15) is 24.2 Å². The summed E-state index contributed by atoms with van der Waals surface area (Å²) in [5.74, 6) is 0.359. The van der Waals surface area contributed by atoms with Crippen LogP contribution in [0.25, 0.3) is 11.1 Å². The van der Waals surface area contributed by atoms with Crippen LogP contribution in [0.15, 0.2) is 36.5 Å². The molecule has 1 aliphatic rings. The monoisotopic (exact) mass is 477 g/mol. The number of ether oxygens (including phenoxy) is 2. The number of aliphatic hydroxyl groups excluding tert-OH is 1. The first-order chi connectivity index (χ1) is 15.5. The average molecular weight is 478 g/mol. The summed E-state index contributed by atoms with van der Waals surface area (Å²) in [4.78, 5) is 19.5. The highest BCUT2D eigenvalue weighted by Gasteiger charge is 2.35. The molecule has 1 aliphatic heterocycles. The Labute approximate surface area is 195 Å². The van der Waals surface area contributed by atoms with Gasteiger partial charge in [-0.25, -0.2) is 17.7 Å². The molecule has 0 saturated carbocycles. The van der Waals surface area contributed by atoms with Crippen LogP contribution in [0.3, 0.4) is 0 Å². The minimum Gasteiger partial charge on any atom is -0.497 e. The molecule has 1 N–H and O–H groups in total. The van der Waals surface area contributed by atoms with E-state index in [9.17, 15) is 18.3 Å². The number of carbonyl (C=O) groups excluding carboxylic acids is 1. The first-order valence-corrected chi connectivity index (χ1v) is 12.5. The number of carbonyl (C=O) groups is 1. The number of nitrogens with zero attached hydrogens (tertiary/aromatic N) is 3. The van der Waals surface area contributed by atoms with Crippen LogP contribution in [0.4, 0.5) is 0 Å². The molecular formula is C23H31N3O6S. The van der Waals surface area contributed by atoms with Gasteiger partial charge in [0.05, 0.1) is 32.6 Å². The topological polar surface area (TPSA) is 109 Å². The van der Waals surface area contributed by atoms with Crippen molar-refractivity contribution in [1.29, 1.82) is 0 Å². The van der Waals surface area contributed by atoms with E-state index in [1.807, 2.05) is 31.2 Å². The molecule has 1 aromatic carbocycles. The van der Waals surface area contributed by atoms with Gasteiger partial charge in [0.2, 0.25) is 15.9 Å². The van der Waals surface area contributed by atoms with Crippen molar-refractivity contribution in [2.24, 2.45) is 5.92 Å². The predicted octanol–water partition coefficient (Wildman–Crippen LogP) is 1.87. The van der Waals surface area contributed by atoms with E-state index in [2.05, 4.69) is 4.98 Å². The van der Waals surface area contributed by atoms with Gasteiger partial charge in [-0.15, -0.1) is 0 Å². The molecule has 0 spiro atoms. The maximum Gasteiger partial charge on any atom is 0.259 e. The van der Waals surface area contributed by atoms with Crippen LogP contribution in [0.5, 0.6) is 11.6 Å². The summed E-state index contributed by atoms with van der Waals surface area (Å²) in [5.41, 5.74) is 1.84. The number of fused-ring (bicyclic) bond motifs is 1. The lowest BCUT2D eigenvalue weighted by Crippen LogP contribution is -2.50. The lowest BCUT2D eigenvalue weighted by atomic mass is 9.99. The maximum atomic E-state index is 13.5. The minimum atomic E-state index is -3.42. The Balaban J connectivity index is 2.05. The number of pyridine rings is 1. The van der Waals surface area contributed by atoms with E-state index in [4.69, 9.17) is 9.47 Å². The Kier molecular flexibility index (Phi) is 7.61. The van der Waals surface area contributed by atoms with Gasteiger partial charge in [-0.3, -0.25) is 4.79 Å². The van der Waals surface area contributed by atoms with E-state index in [-0.39, 0.29) is 36.4 Å². The van der Waals surface area contributed by atoms with Crippen molar-refractivity contribution in [3.05, 3.63) is 42.1 Å². The number of aromatic nitrogens is 1. The molecule has 2 aromatic rings. The highest BCUT2D eigenvalue weighted by Crippen LogP contribution is 2.31. The summed E-state index contributed by atoms with van der Waals surface area (Å²) in [7, 11) is -0.334. The third-order valence-corrected chi connectivity index (χ3v) is 7.23. The third kappa shape index (κ3) is 5.63. The number of rotatable bonds is 7. The number of hydrogen-bond acceptors (Lipinski definition) is 7. The van der Waals surface area contributed by atoms with Gasteiger partial charge >= 0.3 is 0 Å². The van der Waals surface area contributed by atoms with Gasteiger partial charge in [0.1, 0.15) is 17.4 Å². The van der Waals surface area contributed by atoms with E-state index in [1.54, 1.807) is 31.2 Å². The number of amides is 1. The fourth-order valence-corrected chi connectivity index (χ4v) is 4.07. The summed E-state index contributed by atoms with van der Waals surface area (Å²) in [6.45, 7) is 3.87. The van der Waals surface area contributed by atoms with E-state index in [1.165, 1.54) is 11.4 Å². The first-order valence-electron chi connectivity index (χ1n) is 10.7. The lowest BCUT2D eigenvalue weighted by Gasteiger charge is -2.37. The first kappa shape index (κ1) is 24.9. The standard InChI is InChI=1S/C23H31N3O6S/c1-15-12-26(16(2)14-27)23(28)20-10-18(17-6-8-19(31-4)9-7-17)11-24-22(20)32-21(15)13-25(3)33(5,29)30/h6-11,15-16,21,27H,12-14H2,1-5H3/t15-,16+,21+/m0/s1. The van der Waals surface area contributed by atoms with Gasteiger partial charge < -0.3 is 19.5 Å². The van der Waals surface area contributed by atoms with E-state index >= 15 is 0 Å². The third-order valence-electron chi connectivity index (χ3n) is 5.95. The molecule has 3 rings (SSSR count). The van der Waals surface area contributed by atoms with Gasteiger partial charge in [-0.1, -0.05) is 19.1 Å². The van der Waals surface area contributed by atoms with Crippen LogP contribution in [-0.4, -0.2) is 85.9 Å². The highest BCUT2D eigenvalue weighted by molar-refractivity contribution is 7.88. The second-order valence-corrected chi connectivity index (χ2v) is 10.6. The maximum absolute atomic E-state index is 13.5. The molecule has 2 heterocycles. The predicted molar refractivity (Wildman–Crippen MR) is 125 cm³/mol. The molecular weight excluding hydrogens is 446 g/mol. The van der Waals surface area contributed by atoms with Crippen molar-refractivity contribution in [2.45, 2.75) is 26.0 Å². The molecule has 0 aliphatic carbocycles. The van der Waals surface area contributed by atoms with Gasteiger partial charge in [0, 0.05) is 31.3 Å². The molecule has 0 unspecified atom stereocenters.